The third kappa shape index (κ3) is 4.02. The molecule has 4 rings (SSSR count). The molecule has 0 amide bonds. The molecule has 0 atom stereocenters. The van der Waals surface area contributed by atoms with E-state index >= 15 is 0 Å². The molecule has 0 N–H and O–H groups in total. The second kappa shape index (κ2) is 8.31. The molecule has 0 aliphatic rings. The lowest BCUT2D eigenvalue weighted by Crippen LogP contribution is -2.22. The van der Waals surface area contributed by atoms with Crippen LogP contribution >= 0.6 is 23.4 Å². The molecule has 0 aliphatic carbocycles. The zero-order valence-corrected chi connectivity index (χ0v) is 17.7. The molecule has 0 aliphatic heterocycles. The Morgan fingerprint density at radius 3 is 2.38 bits per heavy atom. The zero-order valence-electron chi connectivity index (χ0n) is 16.2. The fourth-order valence-electron chi connectivity index (χ4n) is 3.09. The predicted octanol–water partition coefficient (Wildman–Crippen LogP) is 5.40. The summed E-state index contributed by atoms with van der Waals surface area (Å²) in [6, 6.07) is 23.1. The first-order chi connectivity index (χ1) is 14.0. The number of nitrogens with zero attached hydrogens (tertiary/aromatic N) is 3. The average Bonchev–Trinajstić information content (AvgIpc) is 2.73. The molecule has 1 aromatic heterocycles. The Labute approximate surface area is 178 Å². The number of para-hydroxylation sites is 1. The molecule has 0 radical (unpaired) electrons. The third-order valence-electron chi connectivity index (χ3n) is 4.68. The highest BCUT2D eigenvalue weighted by Gasteiger charge is 2.14. The Balaban J connectivity index is 1.82. The quantitative estimate of drug-likeness (QED) is 0.319. The minimum absolute atomic E-state index is 0.0742. The first-order valence-electron chi connectivity index (χ1n) is 9.20. The molecule has 0 fully saturated rings. The molecule has 6 heteroatoms. The molecule has 0 bridgehead atoms. The maximum atomic E-state index is 13.3. The van der Waals surface area contributed by atoms with Gasteiger partial charge in [0, 0.05) is 30.6 Å². The zero-order chi connectivity index (χ0) is 20.4. The van der Waals surface area contributed by atoms with Crippen molar-refractivity contribution in [3.8, 4) is 5.69 Å². The largest absolute Gasteiger partial charge is 0.378 e. The van der Waals surface area contributed by atoms with Gasteiger partial charge in [0.1, 0.15) is 0 Å². The normalized spacial score (nSPS) is 11.0. The monoisotopic (exact) mass is 421 g/mol. The van der Waals surface area contributed by atoms with Crippen LogP contribution in [0, 0.1) is 0 Å². The predicted molar refractivity (Wildman–Crippen MR) is 123 cm³/mol. The molecule has 29 heavy (non-hydrogen) atoms. The first-order valence-corrected chi connectivity index (χ1v) is 10.6. The van der Waals surface area contributed by atoms with Gasteiger partial charge in [-0.15, -0.1) is 0 Å². The maximum Gasteiger partial charge on any atom is 0.266 e. The highest BCUT2D eigenvalue weighted by Crippen LogP contribution is 2.28. The summed E-state index contributed by atoms with van der Waals surface area (Å²) in [5, 5.41) is 1.96. The minimum Gasteiger partial charge on any atom is -0.378 e. The Bertz CT molecular complexity index is 1220. The lowest BCUT2D eigenvalue weighted by atomic mass is 10.2. The summed E-state index contributed by atoms with van der Waals surface area (Å²) in [6.07, 6.45) is 0. The number of aromatic nitrogens is 2. The number of benzene rings is 3. The molecule has 1 heterocycles. The Morgan fingerprint density at radius 2 is 1.66 bits per heavy atom. The van der Waals surface area contributed by atoms with Crippen LogP contribution in [-0.2, 0) is 5.75 Å². The molecular formula is C23H20ClN3OS. The summed E-state index contributed by atoms with van der Waals surface area (Å²) in [4.78, 5) is 20.1. The van der Waals surface area contributed by atoms with Crippen LogP contribution in [0.15, 0.2) is 82.7 Å². The molecule has 0 saturated heterocycles. The van der Waals surface area contributed by atoms with E-state index in [0.29, 0.717) is 26.8 Å². The fraction of sp³-hybridized carbons (Fsp3) is 0.130. The van der Waals surface area contributed by atoms with Crippen molar-refractivity contribution in [1.29, 1.82) is 0 Å². The topological polar surface area (TPSA) is 38.1 Å². The van der Waals surface area contributed by atoms with Gasteiger partial charge in [-0.2, -0.15) is 0 Å². The molecular weight excluding hydrogens is 402 g/mol. The van der Waals surface area contributed by atoms with Crippen LogP contribution < -0.4 is 10.5 Å². The van der Waals surface area contributed by atoms with Crippen LogP contribution in [0.1, 0.15) is 5.56 Å². The molecule has 3 aromatic carbocycles. The van der Waals surface area contributed by atoms with Gasteiger partial charge in [0.2, 0.25) is 0 Å². The number of thioether (sulfide) groups is 1. The van der Waals surface area contributed by atoms with E-state index in [1.807, 2.05) is 91.8 Å². The van der Waals surface area contributed by atoms with Crippen LogP contribution in [0.4, 0.5) is 5.69 Å². The fourth-order valence-corrected chi connectivity index (χ4v) is 4.39. The molecule has 146 valence electrons. The Kier molecular flexibility index (Phi) is 5.60. The van der Waals surface area contributed by atoms with Crippen LogP contribution in [0.25, 0.3) is 16.6 Å². The summed E-state index contributed by atoms with van der Waals surface area (Å²) in [5.41, 5.74) is 3.49. The summed E-state index contributed by atoms with van der Waals surface area (Å²) >= 11 is 7.82. The molecule has 0 unspecified atom stereocenters. The Hall–Kier alpha value is -2.76. The lowest BCUT2D eigenvalue weighted by Gasteiger charge is -2.16. The van der Waals surface area contributed by atoms with Gasteiger partial charge in [0.05, 0.1) is 16.6 Å². The smallest absolute Gasteiger partial charge is 0.266 e. The van der Waals surface area contributed by atoms with Gasteiger partial charge < -0.3 is 4.90 Å². The molecule has 4 nitrogen and oxygen atoms in total. The lowest BCUT2D eigenvalue weighted by molar-refractivity contribution is 0.819. The highest BCUT2D eigenvalue weighted by molar-refractivity contribution is 7.98. The second-order valence-electron chi connectivity index (χ2n) is 6.84. The van der Waals surface area contributed by atoms with E-state index in [-0.39, 0.29) is 5.56 Å². The second-order valence-corrected chi connectivity index (χ2v) is 8.19. The van der Waals surface area contributed by atoms with E-state index < -0.39 is 0 Å². The number of hydrogen-bond acceptors (Lipinski definition) is 4. The molecule has 0 saturated carbocycles. The van der Waals surface area contributed by atoms with E-state index in [2.05, 4.69) is 0 Å². The number of rotatable bonds is 5. The van der Waals surface area contributed by atoms with Crippen LogP contribution in [0.2, 0.25) is 5.02 Å². The average molecular weight is 422 g/mol. The van der Waals surface area contributed by atoms with Crippen molar-refractivity contribution < 1.29 is 0 Å². The van der Waals surface area contributed by atoms with Gasteiger partial charge in [0.25, 0.3) is 5.56 Å². The third-order valence-corrected chi connectivity index (χ3v) is 6.04. The van der Waals surface area contributed by atoms with Crippen molar-refractivity contribution in [2.24, 2.45) is 0 Å². The standard InChI is InChI=1S/C23H20ClN3OS/c1-26(2)17-11-13-18(14-12-17)27-22(28)19-8-4-6-10-21(19)25-23(27)29-15-16-7-3-5-9-20(16)24/h3-14H,15H2,1-2H3. The number of hydrogen-bond donors (Lipinski definition) is 0. The van der Waals surface area contributed by atoms with Gasteiger partial charge in [-0.05, 0) is 48.0 Å². The number of anilines is 1. The van der Waals surface area contributed by atoms with E-state index in [1.165, 1.54) is 11.8 Å². The number of halogens is 1. The molecule has 0 spiro atoms. The summed E-state index contributed by atoms with van der Waals surface area (Å²) in [7, 11) is 3.98. The Morgan fingerprint density at radius 1 is 0.966 bits per heavy atom. The van der Waals surface area contributed by atoms with Gasteiger partial charge in [0.15, 0.2) is 5.16 Å². The van der Waals surface area contributed by atoms with Crippen molar-refractivity contribution in [1.82, 2.24) is 9.55 Å². The maximum absolute atomic E-state index is 13.3. The summed E-state index contributed by atoms with van der Waals surface area (Å²) in [5.74, 6) is 0.625. The van der Waals surface area contributed by atoms with Crippen molar-refractivity contribution in [3.63, 3.8) is 0 Å². The van der Waals surface area contributed by atoms with Crippen LogP contribution in [0.5, 0.6) is 0 Å². The summed E-state index contributed by atoms with van der Waals surface area (Å²) in [6.45, 7) is 0. The van der Waals surface area contributed by atoms with Crippen LogP contribution in [-0.4, -0.2) is 23.6 Å². The minimum atomic E-state index is -0.0742. The first kappa shape index (κ1) is 19.6. The highest BCUT2D eigenvalue weighted by atomic mass is 35.5. The van der Waals surface area contributed by atoms with Crippen molar-refractivity contribution >= 4 is 40.0 Å². The number of fused-ring (bicyclic) bond motifs is 1. The van der Waals surface area contributed by atoms with Crippen molar-refractivity contribution in [2.45, 2.75) is 10.9 Å². The van der Waals surface area contributed by atoms with Gasteiger partial charge in [-0.3, -0.25) is 9.36 Å². The van der Waals surface area contributed by atoms with Crippen molar-refractivity contribution in [2.75, 3.05) is 19.0 Å². The van der Waals surface area contributed by atoms with Gasteiger partial charge in [-0.1, -0.05) is 53.7 Å². The van der Waals surface area contributed by atoms with Crippen LogP contribution in [0.3, 0.4) is 0 Å². The van der Waals surface area contributed by atoms with E-state index in [0.717, 1.165) is 16.9 Å². The molecule has 4 aromatic rings. The van der Waals surface area contributed by atoms with E-state index in [4.69, 9.17) is 16.6 Å². The van der Waals surface area contributed by atoms with E-state index in [9.17, 15) is 4.79 Å². The van der Waals surface area contributed by atoms with Gasteiger partial charge in [-0.25, -0.2) is 4.98 Å². The summed E-state index contributed by atoms with van der Waals surface area (Å²) < 4.78 is 1.68. The van der Waals surface area contributed by atoms with E-state index in [1.54, 1.807) is 4.57 Å². The van der Waals surface area contributed by atoms with Crippen molar-refractivity contribution in [3.05, 3.63) is 93.7 Å². The SMILES string of the molecule is CN(C)c1ccc(-n2c(SCc3ccccc3Cl)nc3ccccc3c2=O)cc1. The van der Waals surface area contributed by atoms with Gasteiger partial charge >= 0.3 is 0 Å².